The van der Waals surface area contributed by atoms with Crippen molar-refractivity contribution in [1.29, 1.82) is 0 Å². The van der Waals surface area contributed by atoms with Crippen LogP contribution in [0.4, 0.5) is 4.79 Å². The summed E-state index contributed by atoms with van der Waals surface area (Å²) in [5, 5.41) is 12.1. The van der Waals surface area contributed by atoms with E-state index in [0.717, 1.165) is 9.44 Å². The van der Waals surface area contributed by atoms with Gasteiger partial charge in [-0.1, -0.05) is 17.3 Å². The number of carbonyl (C=O) groups is 2. The van der Waals surface area contributed by atoms with Crippen molar-refractivity contribution in [2.75, 3.05) is 0 Å². The number of imide groups is 1. The number of rotatable bonds is 5. The molecule has 0 atom stereocenters. The average molecular weight is 364 g/mol. The monoisotopic (exact) mass is 364 g/mol. The fourth-order valence-corrected chi connectivity index (χ4v) is 3.28. The Morgan fingerprint density at radius 1 is 1.21 bits per heavy atom. The second kappa shape index (κ2) is 7.23. The van der Waals surface area contributed by atoms with Gasteiger partial charge in [-0.3, -0.25) is 14.6 Å². The second-order valence-corrected chi connectivity index (χ2v) is 6.63. The Kier molecular flexibility index (Phi) is 4.87. The van der Waals surface area contributed by atoms with Gasteiger partial charge in [0.15, 0.2) is 5.82 Å². The molecule has 3 aromatic rings. The van der Waals surface area contributed by atoms with Crippen molar-refractivity contribution < 1.29 is 14.1 Å². The Labute approximate surface area is 143 Å². The highest BCUT2D eigenvalue weighted by Gasteiger charge is 2.17. The van der Waals surface area contributed by atoms with Crippen LogP contribution in [-0.4, -0.2) is 21.7 Å². The van der Waals surface area contributed by atoms with Gasteiger partial charge in [-0.05, 0) is 22.9 Å². The fourth-order valence-electron chi connectivity index (χ4n) is 1.93. The molecule has 0 fully saturated rings. The van der Waals surface area contributed by atoms with Crippen molar-refractivity contribution in [3.05, 3.63) is 50.5 Å². The number of nitrogens with one attached hydrogen (secondary N) is 2. The van der Waals surface area contributed by atoms with E-state index >= 15 is 0 Å². The van der Waals surface area contributed by atoms with E-state index in [9.17, 15) is 14.4 Å². The molecule has 0 aliphatic rings. The zero-order valence-electron chi connectivity index (χ0n) is 12.2. The van der Waals surface area contributed by atoms with Crippen molar-refractivity contribution in [1.82, 2.24) is 20.4 Å². The second-order valence-electron chi connectivity index (χ2n) is 4.65. The van der Waals surface area contributed by atoms with Crippen LogP contribution in [0.1, 0.15) is 4.88 Å². The average Bonchev–Trinajstić information content (AvgIpc) is 3.28. The minimum Gasteiger partial charge on any atom is -0.333 e. The fraction of sp³-hybridized carbons (Fsp3) is 0.143. The molecule has 3 amide bonds. The lowest BCUT2D eigenvalue weighted by molar-refractivity contribution is -0.120. The Hall–Kier alpha value is -2.72. The normalized spacial score (nSPS) is 10.5. The zero-order valence-corrected chi connectivity index (χ0v) is 13.9. The number of carbonyl (C=O) groups excluding carboxylic acids is 2. The minimum absolute atomic E-state index is 0.254. The molecule has 10 heteroatoms. The third-order valence-corrected chi connectivity index (χ3v) is 4.73. The quantitative estimate of drug-likeness (QED) is 0.716. The molecular formula is C14H12N4O4S2. The third kappa shape index (κ3) is 3.78. The summed E-state index contributed by atoms with van der Waals surface area (Å²) in [6.45, 7) is -0.0353. The molecule has 0 saturated carbocycles. The molecule has 2 N–H and O–H groups in total. The molecule has 0 unspecified atom stereocenters. The van der Waals surface area contributed by atoms with Gasteiger partial charge in [-0.15, -0.1) is 22.7 Å². The van der Waals surface area contributed by atoms with Crippen molar-refractivity contribution in [3.8, 4) is 10.7 Å². The molecule has 8 nitrogen and oxygen atoms in total. The maximum atomic E-state index is 12.0. The van der Waals surface area contributed by atoms with E-state index in [4.69, 9.17) is 0 Å². The summed E-state index contributed by atoms with van der Waals surface area (Å²) in [5.41, 5.74) is 0. The molecule has 124 valence electrons. The molecule has 0 bridgehead atoms. The third-order valence-electron chi connectivity index (χ3n) is 2.99. The summed E-state index contributed by atoms with van der Waals surface area (Å²) >= 11 is 2.86. The molecule has 0 radical (unpaired) electrons. The Balaban J connectivity index is 1.60. The number of urea groups is 1. The number of thiophene rings is 2. The van der Waals surface area contributed by atoms with Crippen molar-refractivity contribution >= 4 is 34.6 Å². The molecule has 0 spiro atoms. The van der Waals surface area contributed by atoms with Crippen molar-refractivity contribution in [3.63, 3.8) is 0 Å². The number of hydrogen-bond donors (Lipinski definition) is 2. The van der Waals surface area contributed by atoms with E-state index in [1.165, 1.54) is 22.7 Å². The van der Waals surface area contributed by atoms with E-state index < -0.39 is 17.7 Å². The molecule has 0 aliphatic heterocycles. The summed E-state index contributed by atoms with van der Waals surface area (Å²) in [6.07, 6.45) is 0. The lowest BCUT2D eigenvalue weighted by atomic mass is 10.4. The first-order valence-corrected chi connectivity index (χ1v) is 8.60. The summed E-state index contributed by atoms with van der Waals surface area (Å²) in [5.74, 6) is -1.14. The predicted octanol–water partition coefficient (Wildman–Crippen LogP) is 1.65. The predicted molar refractivity (Wildman–Crippen MR) is 88.8 cm³/mol. The van der Waals surface area contributed by atoms with E-state index in [1.807, 2.05) is 22.9 Å². The van der Waals surface area contributed by atoms with Gasteiger partial charge in [0.1, 0.15) is 6.54 Å². The van der Waals surface area contributed by atoms with Crippen LogP contribution >= 0.6 is 22.7 Å². The molecular weight excluding hydrogens is 352 g/mol. The molecule has 24 heavy (non-hydrogen) atoms. The van der Waals surface area contributed by atoms with Crippen LogP contribution < -0.4 is 16.4 Å². The lowest BCUT2D eigenvalue weighted by Gasteiger charge is -2.06. The van der Waals surface area contributed by atoms with E-state index in [-0.39, 0.29) is 12.4 Å². The Bertz CT molecular complexity index is 880. The van der Waals surface area contributed by atoms with Gasteiger partial charge in [0.05, 0.1) is 11.4 Å². The number of hydrogen-bond acceptors (Lipinski definition) is 7. The summed E-state index contributed by atoms with van der Waals surface area (Å²) in [6, 6.07) is 6.66. The SMILES string of the molecule is O=C(Cn1c(-c2cccs2)noc1=O)NC(=O)NCc1cccs1. The minimum atomic E-state index is -0.757. The van der Waals surface area contributed by atoms with Gasteiger partial charge in [0.25, 0.3) is 0 Å². The Morgan fingerprint density at radius 2 is 2.00 bits per heavy atom. The van der Waals surface area contributed by atoms with Crippen LogP contribution in [0.5, 0.6) is 0 Å². The van der Waals surface area contributed by atoms with Crippen LogP contribution in [0, 0.1) is 0 Å². The van der Waals surface area contributed by atoms with Gasteiger partial charge >= 0.3 is 11.8 Å². The van der Waals surface area contributed by atoms with Gasteiger partial charge in [-0.2, -0.15) is 0 Å². The summed E-state index contributed by atoms with van der Waals surface area (Å²) in [7, 11) is 0. The van der Waals surface area contributed by atoms with Gasteiger partial charge in [0.2, 0.25) is 5.91 Å². The van der Waals surface area contributed by atoms with Crippen LogP contribution in [0.25, 0.3) is 10.7 Å². The Morgan fingerprint density at radius 3 is 2.71 bits per heavy atom. The first-order chi connectivity index (χ1) is 11.6. The topological polar surface area (TPSA) is 106 Å². The molecule has 3 aromatic heterocycles. The van der Waals surface area contributed by atoms with Crippen LogP contribution in [0.2, 0.25) is 0 Å². The van der Waals surface area contributed by atoms with Gasteiger partial charge < -0.3 is 5.32 Å². The first kappa shape index (κ1) is 16.1. The lowest BCUT2D eigenvalue weighted by Crippen LogP contribution is -2.41. The largest absolute Gasteiger partial charge is 0.442 e. The van der Waals surface area contributed by atoms with E-state index in [2.05, 4.69) is 20.3 Å². The highest BCUT2D eigenvalue weighted by atomic mass is 32.1. The van der Waals surface area contributed by atoms with E-state index in [1.54, 1.807) is 12.1 Å². The van der Waals surface area contributed by atoms with E-state index in [0.29, 0.717) is 11.4 Å². The maximum Gasteiger partial charge on any atom is 0.442 e. The van der Waals surface area contributed by atoms with Crippen LogP contribution in [0.3, 0.4) is 0 Å². The number of aromatic nitrogens is 2. The number of amides is 3. The summed E-state index contributed by atoms with van der Waals surface area (Å²) in [4.78, 5) is 37.0. The smallest absolute Gasteiger partial charge is 0.333 e. The molecule has 0 aromatic carbocycles. The standard InChI is InChI=1S/C14H12N4O4S2/c19-11(16-13(20)15-7-9-3-1-5-23-9)8-18-12(17-22-14(18)21)10-4-2-6-24-10/h1-6H,7-8H2,(H2,15,16,19,20). The number of nitrogens with zero attached hydrogens (tertiary/aromatic N) is 2. The maximum absolute atomic E-state index is 12.0. The molecule has 0 saturated heterocycles. The highest BCUT2D eigenvalue weighted by Crippen LogP contribution is 2.21. The highest BCUT2D eigenvalue weighted by molar-refractivity contribution is 7.13. The van der Waals surface area contributed by atoms with Crippen molar-refractivity contribution in [2.45, 2.75) is 13.1 Å². The molecule has 3 rings (SSSR count). The van der Waals surface area contributed by atoms with Crippen LogP contribution in [0.15, 0.2) is 44.3 Å². The van der Waals surface area contributed by atoms with Crippen LogP contribution in [-0.2, 0) is 17.9 Å². The molecule has 3 heterocycles. The zero-order chi connectivity index (χ0) is 16.9. The van der Waals surface area contributed by atoms with Crippen molar-refractivity contribution in [2.24, 2.45) is 0 Å². The van der Waals surface area contributed by atoms with Gasteiger partial charge in [0, 0.05) is 4.88 Å². The summed E-state index contributed by atoms with van der Waals surface area (Å²) < 4.78 is 5.68. The van der Waals surface area contributed by atoms with Gasteiger partial charge in [-0.25, -0.2) is 14.2 Å². The molecule has 0 aliphatic carbocycles. The first-order valence-electron chi connectivity index (χ1n) is 6.84.